The number of aromatic nitrogens is 4. The normalized spacial score (nSPS) is 10.8. The highest BCUT2D eigenvalue weighted by atomic mass is 35.5. The van der Waals surface area contributed by atoms with Crippen molar-refractivity contribution >= 4 is 29.1 Å². The topological polar surface area (TPSA) is 69.9 Å². The summed E-state index contributed by atoms with van der Waals surface area (Å²) in [5, 5.41) is 9.98. The van der Waals surface area contributed by atoms with Crippen LogP contribution in [0.25, 0.3) is 17.1 Å². The van der Waals surface area contributed by atoms with Gasteiger partial charge in [0.1, 0.15) is 5.75 Å². The van der Waals surface area contributed by atoms with Crippen LogP contribution in [0.5, 0.6) is 5.75 Å². The van der Waals surface area contributed by atoms with Gasteiger partial charge in [-0.15, -0.1) is 10.2 Å². The number of halogens is 1. The molecule has 0 saturated heterocycles. The van der Waals surface area contributed by atoms with Crippen molar-refractivity contribution in [3.63, 3.8) is 0 Å². The van der Waals surface area contributed by atoms with Crippen LogP contribution in [0.2, 0.25) is 5.02 Å². The Labute approximate surface area is 189 Å². The monoisotopic (exact) mass is 450 g/mol. The van der Waals surface area contributed by atoms with Crippen molar-refractivity contribution in [1.82, 2.24) is 19.7 Å². The largest absolute Gasteiger partial charge is 0.494 e. The standard InChI is InChI=1S/C23H19ClN4O2S/c1-2-30-20-9-3-16(4-10-20)21(29)15-31-23-27-26-22(17-11-13-25-14-12-17)28(23)19-7-5-18(24)6-8-19/h3-14H,2,15H2,1H3. The van der Waals surface area contributed by atoms with Crippen LogP contribution >= 0.6 is 23.4 Å². The Hall–Kier alpha value is -3.16. The Balaban J connectivity index is 1.60. The SMILES string of the molecule is CCOc1ccc(C(=O)CSc2nnc(-c3ccncc3)n2-c2ccc(Cl)cc2)cc1. The van der Waals surface area contributed by atoms with Crippen molar-refractivity contribution in [1.29, 1.82) is 0 Å². The third kappa shape index (κ3) is 4.95. The van der Waals surface area contributed by atoms with Crippen LogP contribution in [-0.2, 0) is 0 Å². The van der Waals surface area contributed by atoms with Gasteiger partial charge in [-0.1, -0.05) is 23.4 Å². The number of nitrogens with zero attached hydrogens (tertiary/aromatic N) is 4. The number of benzene rings is 2. The predicted octanol–water partition coefficient (Wildman–Crippen LogP) is 5.36. The zero-order valence-corrected chi connectivity index (χ0v) is 18.3. The first-order valence-electron chi connectivity index (χ1n) is 9.66. The number of carbonyl (C=O) groups is 1. The van der Waals surface area contributed by atoms with Crippen molar-refractivity contribution in [2.75, 3.05) is 12.4 Å². The predicted molar refractivity (Wildman–Crippen MR) is 122 cm³/mol. The molecule has 156 valence electrons. The molecule has 4 rings (SSSR count). The molecule has 0 aliphatic heterocycles. The fraction of sp³-hybridized carbons (Fsp3) is 0.130. The lowest BCUT2D eigenvalue weighted by Crippen LogP contribution is -2.05. The zero-order chi connectivity index (χ0) is 21.6. The van der Waals surface area contributed by atoms with Crippen molar-refractivity contribution in [3.8, 4) is 22.8 Å². The summed E-state index contributed by atoms with van der Waals surface area (Å²) in [6, 6.07) is 18.3. The average Bonchev–Trinajstić information content (AvgIpc) is 3.23. The lowest BCUT2D eigenvalue weighted by Gasteiger charge is -2.10. The molecular formula is C23H19ClN4O2S. The molecule has 31 heavy (non-hydrogen) atoms. The minimum absolute atomic E-state index is 0.00386. The molecule has 2 aromatic carbocycles. The van der Waals surface area contributed by atoms with Gasteiger partial charge in [0.05, 0.1) is 12.4 Å². The second kappa shape index (κ2) is 9.76. The fourth-order valence-electron chi connectivity index (χ4n) is 2.99. The summed E-state index contributed by atoms with van der Waals surface area (Å²) in [7, 11) is 0. The Morgan fingerprint density at radius 2 is 1.71 bits per heavy atom. The molecule has 2 heterocycles. The number of hydrogen-bond donors (Lipinski definition) is 0. The van der Waals surface area contributed by atoms with Gasteiger partial charge in [-0.2, -0.15) is 0 Å². The van der Waals surface area contributed by atoms with Crippen LogP contribution in [0, 0.1) is 0 Å². The Morgan fingerprint density at radius 3 is 2.39 bits per heavy atom. The highest BCUT2D eigenvalue weighted by Crippen LogP contribution is 2.29. The maximum absolute atomic E-state index is 12.7. The van der Waals surface area contributed by atoms with E-state index in [2.05, 4.69) is 15.2 Å². The number of carbonyl (C=O) groups excluding carboxylic acids is 1. The quantitative estimate of drug-likeness (QED) is 0.266. The van der Waals surface area contributed by atoms with E-state index >= 15 is 0 Å². The van der Waals surface area contributed by atoms with Crippen molar-refractivity contribution < 1.29 is 9.53 Å². The number of thioether (sulfide) groups is 1. The molecule has 0 atom stereocenters. The van der Waals surface area contributed by atoms with E-state index in [-0.39, 0.29) is 11.5 Å². The Kier molecular flexibility index (Phi) is 6.64. The summed E-state index contributed by atoms with van der Waals surface area (Å²) in [6.45, 7) is 2.51. The van der Waals surface area contributed by atoms with E-state index in [0.29, 0.717) is 28.2 Å². The molecule has 0 fully saturated rings. The molecular weight excluding hydrogens is 432 g/mol. The molecule has 8 heteroatoms. The van der Waals surface area contributed by atoms with Crippen LogP contribution in [-0.4, -0.2) is 37.9 Å². The molecule has 0 N–H and O–H groups in total. The van der Waals surface area contributed by atoms with Gasteiger partial charge in [-0.3, -0.25) is 14.3 Å². The van der Waals surface area contributed by atoms with Crippen LogP contribution in [0.3, 0.4) is 0 Å². The summed E-state index contributed by atoms with van der Waals surface area (Å²) in [5.41, 5.74) is 2.36. The fourth-order valence-corrected chi connectivity index (χ4v) is 3.96. The number of ketones is 1. The van der Waals surface area contributed by atoms with Gasteiger partial charge in [0.15, 0.2) is 16.8 Å². The number of rotatable bonds is 8. The number of Topliss-reactive ketones (excluding diaryl/α,β-unsaturated/α-hetero) is 1. The molecule has 0 bridgehead atoms. The second-order valence-electron chi connectivity index (χ2n) is 6.52. The van der Waals surface area contributed by atoms with E-state index in [4.69, 9.17) is 16.3 Å². The van der Waals surface area contributed by atoms with E-state index in [1.807, 2.05) is 47.9 Å². The van der Waals surface area contributed by atoms with Gasteiger partial charge in [-0.05, 0) is 67.6 Å². The third-order valence-corrected chi connectivity index (χ3v) is 5.66. The second-order valence-corrected chi connectivity index (χ2v) is 7.90. The minimum Gasteiger partial charge on any atom is -0.494 e. The van der Waals surface area contributed by atoms with E-state index in [9.17, 15) is 4.79 Å². The molecule has 0 saturated carbocycles. The highest BCUT2D eigenvalue weighted by molar-refractivity contribution is 7.99. The zero-order valence-electron chi connectivity index (χ0n) is 16.7. The van der Waals surface area contributed by atoms with E-state index in [1.165, 1.54) is 11.8 Å². The van der Waals surface area contributed by atoms with Gasteiger partial charge in [0.2, 0.25) is 0 Å². The Morgan fingerprint density at radius 1 is 1.00 bits per heavy atom. The highest BCUT2D eigenvalue weighted by Gasteiger charge is 2.18. The molecule has 0 aliphatic carbocycles. The average molecular weight is 451 g/mol. The summed E-state index contributed by atoms with van der Waals surface area (Å²) >= 11 is 7.40. The first-order valence-corrected chi connectivity index (χ1v) is 11.0. The van der Waals surface area contributed by atoms with E-state index in [1.54, 1.807) is 36.7 Å². The Bertz CT molecular complexity index is 1160. The van der Waals surface area contributed by atoms with Crippen molar-refractivity contribution in [3.05, 3.63) is 83.6 Å². The van der Waals surface area contributed by atoms with Crippen molar-refractivity contribution in [2.24, 2.45) is 0 Å². The first-order chi connectivity index (χ1) is 15.2. The van der Waals surface area contributed by atoms with E-state index in [0.717, 1.165) is 17.0 Å². The maximum atomic E-state index is 12.7. The van der Waals surface area contributed by atoms with Crippen LogP contribution in [0.15, 0.2) is 78.2 Å². The van der Waals surface area contributed by atoms with Gasteiger partial charge in [0, 0.05) is 34.2 Å². The smallest absolute Gasteiger partial charge is 0.196 e. The maximum Gasteiger partial charge on any atom is 0.196 e. The van der Waals surface area contributed by atoms with Gasteiger partial charge in [-0.25, -0.2) is 0 Å². The molecule has 6 nitrogen and oxygen atoms in total. The lowest BCUT2D eigenvalue weighted by molar-refractivity contribution is 0.102. The van der Waals surface area contributed by atoms with Crippen LogP contribution in [0.4, 0.5) is 0 Å². The molecule has 0 spiro atoms. The summed E-state index contributed by atoms with van der Waals surface area (Å²) in [6.07, 6.45) is 3.41. The van der Waals surface area contributed by atoms with Gasteiger partial charge in [0.25, 0.3) is 0 Å². The first kappa shape index (κ1) is 21.1. The molecule has 0 amide bonds. The van der Waals surface area contributed by atoms with Crippen LogP contribution < -0.4 is 4.74 Å². The van der Waals surface area contributed by atoms with E-state index < -0.39 is 0 Å². The van der Waals surface area contributed by atoms with Crippen LogP contribution in [0.1, 0.15) is 17.3 Å². The third-order valence-electron chi connectivity index (χ3n) is 4.48. The molecule has 0 radical (unpaired) electrons. The lowest BCUT2D eigenvalue weighted by atomic mass is 10.1. The molecule has 0 aliphatic rings. The summed E-state index contributed by atoms with van der Waals surface area (Å²) in [5.74, 6) is 1.65. The van der Waals surface area contributed by atoms with Gasteiger partial charge >= 0.3 is 0 Å². The summed E-state index contributed by atoms with van der Waals surface area (Å²) < 4.78 is 7.35. The number of hydrogen-bond acceptors (Lipinski definition) is 6. The number of pyridine rings is 1. The minimum atomic E-state index is 0.00386. The molecule has 2 aromatic heterocycles. The molecule has 4 aromatic rings. The molecule has 0 unspecified atom stereocenters. The van der Waals surface area contributed by atoms with Gasteiger partial charge < -0.3 is 4.74 Å². The van der Waals surface area contributed by atoms with Crippen molar-refractivity contribution in [2.45, 2.75) is 12.1 Å². The number of ether oxygens (including phenoxy) is 1. The summed E-state index contributed by atoms with van der Waals surface area (Å²) in [4.78, 5) is 16.8.